The summed E-state index contributed by atoms with van der Waals surface area (Å²) in [4.78, 5) is 49.9. The summed E-state index contributed by atoms with van der Waals surface area (Å²) in [6.07, 6.45) is 0. The first-order valence-electron chi connectivity index (χ1n) is 9.05. The molecule has 0 bridgehead atoms. The first-order valence-corrected chi connectivity index (χ1v) is 9.43. The molecule has 0 spiro atoms. The lowest BCUT2D eigenvalue weighted by Crippen LogP contribution is -2.31. The van der Waals surface area contributed by atoms with Crippen LogP contribution in [0.25, 0.3) is 0 Å². The van der Waals surface area contributed by atoms with Gasteiger partial charge in [0.2, 0.25) is 0 Å². The van der Waals surface area contributed by atoms with Crippen molar-refractivity contribution >= 4 is 40.8 Å². The quantitative estimate of drug-likeness (QED) is 0.254. The molecule has 0 saturated carbocycles. The van der Waals surface area contributed by atoms with Crippen LogP contribution >= 0.6 is 11.6 Å². The van der Waals surface area contributed by atoms with Gasteiger partial charge >= 0.3 is 5.97 Å². The monoisotopic (exact) mass is 436 g/mol. The van der Waals surface area contributed by atoms with Crippen molar-refractivity contribution in [3.05, 3.63) is 104 Å². The Morgan fingerprint density at radius 2 is 1.68 bits per heavy atom. The smallest absolute Gasteiger partial charge is 0.340 e. The van der Waals surface area contributed by atoms with Gasteiger partial charge in [0.1, 0.15) is 12.2 Å². The highest BCUT2D eigenvalue weighted by atomic mass is 35.5. The van der Waals surface area contributed by atoms with Gasteiger partial charge in [-0.1, -0.05) is 41.9 Å². The van der Waals surface area contributed by atoms with Crippen LogP contribution in [0.3, 0.4) is 0 Å². The summed E-state index contributed by atoms with van der Waals surface area (Å²) in [5.41, 5.74) is -0.198. The Morgan fingerprint density at radius 1 is 0.968 bits per heavy atom. The fraction of sp³-hybridized carbons (Fsp3) is 0.0455. The third-order valence-corrected chi connectivity index (χ3v) is 4.99. The standard InChI is InChI=1S/C22H13ClN2O6/c23-14-10-8-13(9-11-14)12-31-22(28)15-4-1-2-6-17(15)24-20(26)16-5-3-7-18(25(29)30)19(16)21(24)27/h1-11H,12H2. The van der Waals surface area contributed by atoms with Gasteiger partial charge in [-0.05, 0) is 35.9 Å². The van der Waals surface area contributed by atoms with Gasteiger partial charge in [0.05, 0.1) is 21.7 Å². The van der Waals surface area contributed by atoms with Crippen molar-refractivity contribution in [1.29, 1.82) is 0 Å². The molecule has 0 radical (unpaired) electrons. The Kier molecular flexibility index (Phi) is 5.22. The highest BCUT2D eigenvalue weighted by Gasteiger charge is 2.43. The molecular formula is C22H13ClN2O6. The van der Waals surface area contributed by atoms with Crippen LogP contribution in [-0.2, 0) is 11.3 Å². The Hall–Kier alpha value is -4.04. The van der Waals surface area contributed by atoms with E-state index in [9.17, 15) is 24.5 Å². The van der Waals surface area contributed by atoms with Gasteiger partial charge in [-0.3, -0.25) is 19.7 Å². The van der Waals surface area contributed by atoms with E-state index in [0.29, 0.717) is 10.6 Å². The maximum Gasteiger partial charge on any atom is 0.340 e. The number of hydrogen-bond acceptors (Lipinski definition) is 6. The second-order valence-corrected chi connectivity index (χ2v) is 7.06. The molecule has 0 fully saturated rings. The molecule has 3 aromatic rings. The number of carbonyl (C=O) groups excluding carboxylic acids is 3. The molecule has 0 atom stereocenters. The number of carbonyl (C=O) groups is 3. The predicted molar refractivity (Wildman–Crippen MR) is 111 cm³/mol. The number of nitro benzene ring substituents is 1. The first-order chi connectivity index (χ1) is 14.9. The van der Waals surface area contributed by atoms with Gasteiger partial charge in [0.25, 0.3) is 17.5 Å². The molecule has 9 heteroatoms. The third-order valence-electron chi connectivity index (χ3n) is 4.74. The van der Waals surface area contributed by atoms with E-state index in [-0.39, 0.29) is 29.0 Å². The Morgan fingerprint density at radius 3 is 2.39 bits per heavy atom. The fourth-order valence-corrected chi connectivity index (χ4v) is 3.41. The minimum Gasteiger partial charge on any atom is -0.457 e. The number of rotatable bonds is 5. The molecule has 2 amide bonds. The van der Waals surface area contributed by atoms with E-state index in [4.69, 9.17) is 16.3 Å². The van der Waals surface area contributed by atoms with Crippen LogP contribution in [0.1, 0.15) is 36.6 Å². The van der Waals surface area contributed by atoms with Crippen LogP contribution in [0.2, 0.25) is 5.02 Å². The highest BCUT2D eigenvalue weighted by Crippen LogP contribution is 2.35. The van der Waals surface area contributed by atoms with Crippen molar-refractivity contribution in [3.63, 3.8) is 0 Å². The Balaban J connectivity index is 1.66. The zero-order valence-electron chi connectivity index (χ0n) is 15.8. The largest absolute Gasteiger partial charge is 0.457 e. The number of nitro groups is 1. The number of anilines is 1. The highest BCUT2D eigenvalue weighted by molar-refractivity contribution is 6.36. The minimum atomic E-state index is -0.870. The van der Waals surface area contributed by atoms with E-state index in [1.54, 1.807) is 36.4 Å². The van der Waals surface area contributed by atoms with E-state index < -0.39 is 28.4 Å². The van der Waals surface area contributed by atoms with E-state index in [0.717, 1.165) is 11.0 Å². The number of hydrogen-bond donors (Lipinski definition) is 0. The molecule has 0 saturated heterocycles. The van der Waals surface area contributed by atoms with Gasteiger partial charge in [-0.2, -0.15) is 0 Å². The molecule has 1 aliphatic heterocycles. The maximum atomic E-state index is 13.0. The Bertz CT molecular complexity index is 1240. The average Bonchev–Trinajstić information content (AvgIpc) is 3.03. The summed E-state index contributed by atoms with van der Waals surface area (Å²) in [6, 6.07) is 16.5. The van der Waals surface area contributed by atoms with E-state index >= 15 is 0 Å². The molecule has 1 aliphatic rings. The van der Waals surface area contributed by atoms with Gasteiger partial charge in [-0.25, -0.2) is 9.69 Å². The number of nitrogens with zero attached hydrogens (tertiary/aromatic N) is 2. The average molecular weight is 437 g/mol. The molecule has 154 valence electrons. The molecule has 4 rings (SSSR count). The molecule has 31 heavy (non-hydrogen) atoms. The molecule has 0 aromatic heterocycles. The van der Waals surface area contributed by atoms with Crippen molar-refractivity contribution in [2.45, 2.75) is 6.61 Å². The molecule has 3 aromatic carbocycles. The van der Waals surface area contributed by atoms with Crippen molar-refractivity contribution in [2.75, 3.05) is 4.90 Å². The first kappa shape index (κ1) is 20.2. The molecule has 8 nitrogen and oxygen atoms in total. The van der Waals surface area contributed by atoms with E-state index in [1.165, 1.54) is 24.3 Å². The third kappa shape index (κ3) is 3.64. The Labute approximate surface area is 180 Å². The second kappa shape index (κ2) is 8.00. The summed E-state index contributed by atoms with van der Waals surface area (Å²) in [6.45, 7) is -0.0437. The lowest BCUT2D eigenvalue weighted by atomic mass is 10.1. The summed E-state index contributed by atoms with van der Waals surface area (Å²) >= 11 is 5.84. The lowest BCUT2D eigenvalue weighted by Gasteiger charge is -2.17. The number of fused-ring (bicyclic) bond motifs is 1. The number of amides is 2. The van der Waals surface area contributed by atoms with Gasteiger partial charge in [0, 0.05) is 11.1 Å². The number of imide groups is 1. The minimum absolute atomic E-state index is 0.0101. The predicted octanol–water partition coefficient (Wildman–Crippen LogP) is 4.41. The fourth-order valence-electron chi connectivity index (χ4n) is 3.29. The maximum absolute atomic E-state index is 13.0. The summed E-state index contributed by atoms with van der Waals surface area (Å²) in [5.74, 6) is -2.37. The number of ether oxygens (including phenoxy) is 1. The van der Waals surface area contributed by atoms with Crippen LogP contribution in [0.4, 0.5) is 11.4 Å². The normalized spacial score (nSPS) is 12.6. The number of para-hydroxylation sites is 1. The van der Waals surface area contributed by atoms with Crippen molar-refractivity contribution in [2.24, 2.45) is 0 Å². The number of benzene rings is 3. The van der Waals surface area contributed by atoms with Crippen LogP contribution in [0, 0.1) is 10.1 Å². The van der Waals surface area contributed by atoms with E-state index in [1.807, 2.05) is 0 Å². The second-order valence-electron chi connectivity index (χ2n) is 6.62. The van der Waals surface area contributed by atoms with Gasteiger partial charge in [0.15, 0.2) is 0 Å². The van der Waals surface area contributed by atoms with Crippen LogP contribution < -0.4 is 4.90 Å². The summed E-state index contributed by atoms with van der Waals surface area (Å²) in [7, 11) is 0. The number of esters is 1. The summed E-state index contributed by atoms with van der Waals surface area (Å²) in [5, 5.41) is 11.9. The molecular weight excluding hydrogens is 424 g/mol. The lowest BCUT2D eigenvalue weighted by molar-refractivity contribution is -0.385. The zero-order valence-corrected chi connectivity index (χ0v) is 16.5. The molecule has 0 unspecified atom stereocenters. The molecule has 1 heterocycles. The zero-order chi connectivity index (χ0) is 22.1. The number of halogens is 1. The van der Waals surface area contributed by atoms with Crippen molar-refractivity contribution in [3.8, 4) is 0 Å². The van der Waals surface area contributed by atoms with Crippen molar-refractivity contribution in [1.82, 2.24) is 0 Å². The van der Waals surface area contributed by atoms with Gasteiger partial charge in [-0.15, -0.1) is 0 Å². The van der Waals surface area contributed by atoms with Crippen molar-refractivity contribution < 1.29 is 24.0 Å². The molecule has 0 aliphatic carbocycles. The molecule has 0 N–H and O–H groups in total. The topological polar surface area (TPSA) is 107 Å². The SMILES string of the molecule is O=C(OCc1ccc(Cl)cc1)c1ccccc1N1C(=O)c2cccc([N+](=O)[O-])c2C1=O. The summed E-state index contributed by atoms with van der Waals surface area (Å²) < 4.78 is 5.32. The van der Waals surface area contributed by atoms with E-state index in [2.05, 4.69) is 0 Å². The van der Waals surface area contributed by atoms with Crippen LogP contribution in [0.15, 0.2) is 66.7 Å². The van der Waals surface area contributed by atoms with Crippen LogP contribution in [0.5, 0.6) is 0 Å². The van der Waals surface area contributed by atoms with Gasteiger partial charge < -0.3 is 4.74 Å². The van der Waals surface area contributed by atoms with Crippen LogP contribution in [-0.4, -0.2) is 22.7 Å².